The molecule has 1 aromatic carbocycles. The summed E-state index contributed by atoms with van der Waals surface area (Å²) < 4.78 is 15.9. The summed E-state index contributed by atoms with van der Waals surface area (Å²) in [5.41, 5.74) is 0.735. The van der Waals surface area contributed by atoms with Gasteiger partial charge in [0.25, 0.3) is 0 Å². The molecule has 6 nitrogen and oxygen atoms in total. The van der Waals surface area contributed by atoms with Gasteiger partial charge in [0.2, 0.25) is 11.7 Å². The number of aromatic nitrogens is 2. The number of nitrogens with zero attached hydrogens (tertiary/aromatic N) is 2. The standard InChI is InChI=1S/C14H16ClN3O3/c1-19-11-6-9(5-10(15)12(11)20-2)13-17-14(21-18-13)8-3-4-16-7-8/h5-6,8,16H,3-4,7H2,1-2H3. The van der Waals surface area contributed by atoms with Crippen LogP contribution in [0.2, 0.25) is 5.02 Å². The van der Waals surface area contributed by atoms with Gasteiger partial charge in [-0.2, -0.15) is 4.98 Å². The third-order valence-corrected chi connectivity index (χ3v) is 3.82. The molecule has 0 amide bonds. The smallest absolute Gasteiger partial charge is 0.231 e. The molecule has 0 saturated carbocycles. The van der Waals surface area contributed by atoms with Gasteiger partial charge < -0.3 is 19.3 Å². The first kappa shape index (κ1) is 14.2. The minimum atomic E-state index is 0.280. The lowest BCUT2D eigenvalue weighted by molar-refractivity contribution is 0.355. The van der Waals surface area contributed by atoms with Gasteiger partial charge in [-0.1, -0.05) is 16.8 Å². The molecule has 7 heteroatoms. The zero-order valence-electron chi connectivity index (χ0n) is 11.9. The highest BCUT2D eigenvalue weighted by Gasteiger charge is 2.23. The van der Waals surface area contributed by atoms with Gasteiger partial charge in [-0.3, -0.25) is 0 Å². The number of hydrogen-bond acceptors (Lipinski definition) is 6. The van der Waals surface area contributed by atoms with E-state index in [1.807, 2.05) is 0 Å². The Hall–Kier alpha value is -1.79. The highest BCUT2D eigenvalue weighted by atomic mass is 35.5. The van der Waals surface area contributed by atoms with Crippen molar-refractivity contribution in [3.8, 4) is 22.9 Å². The van der Waals surface area contributed by atoms with Crippen molar-refractivity contribution < 1.29 is 14.0 Å². The van der Waals surface area contributed by atoms with Crippen LogP contribution in [0.25, 0.3) is 11.4 Å². The molecule has 1 fully saturated rings. The molecule has 3 rings (SSSR count). The van der Waals surface area contributed by atoms with E-state index in [0.29, 0.717) is 28.2 Å². The Balaban J connectivity index is 1.95. The van der Waals surface area contributed by atoms with E-state index in [9.17, 15) is 0 Å². The lowest BCUT2D eigenvalue weighted by Gasteiger charge is -2.10. The largest absolute Gasteiger partial charge is 0.493 e. The lowest BCUT2D eigenvalue weighted by atomic mass is 10.1. The van der Waals surface area contributed by atoms with Gasteiger partial charge >= 0.3 is 0 Å². The summed E-state index contributed by atoms with van der Waals surface area (Å²) in [5, 5.41) is 7.76. The molecule has 0 radical (unpaired) electrons. The quantitative estimate of drug-likeness (QED) is 0.935. The van der Waals surface area contributed by atoms with Crippen molar-refractivity contribution >= 4 is 11.6 Å². The van der Waals surface area contributed by atoms with Crippen LogP contribution in [0.1, 0.15) is 18.2 Å². The van der Waals surface area contributed by atoms with E-state index in [1.54, 1.807) is 26.4 Å². The molecule has 1 unspecified atom stereocenters. The Morgan fingerprint density at radius 1 is 1.33 bits per heavy atom. The van der Waals surface area contributed by atoms with Gasteiger partial charge in [0, 0.05) is 12.1 Å². The van der Waals surface area contributed by atoms with Crippen LogP contribution in [0, 0.1) is 0 Å². The average Bonchev–Trinajstić information content (AvgIpc) is 3.16. The van der Waals surface area contributed by atoms with Crippen molar-refractivity contribution in [3.05, 3.63) is 23.0 Å². The first-order valence-corrected chi connectivity index (χ1v) is 7.07. The molecule has 1 aliphatic rings. The number of halogens is 1. The third-order valence-electron chi connectivity index (χ3n) is 3.54. The molecule has 1 aliphatic heterocycles. The zero-order chi connectivity index (χ0) is 14.8. The maximum absolute atomic E-state index is 6.20. The predicted octanol–water partition coefficient (Wildman–Crippen LogP) is 2.48. The fourth-order valence-electron chi connectivity index (χ4n) is 2.43. The first-order valence-electron chi connectivity index (χ1n) is 6.69. The molecule has 112 valence electrons. The molecular formula is C14H16ClN3O3. The molecule has 2 aromatic rings. The van der Waals surface area contributed by atoms with Crippen LogP contribution in [-0.4, -0.2) is 37.4 Å². The number of nitrogens with one attached hydrogen (secondary N) is 1. The number of benzene rings is 1. The van der Waals surface area contributed by atoms with Crippen LogP contribution in [0.3, 0.4) is 0 Å². The number of methoxy groups -OCH3 is 2. The van der Waals surface area contributed by atoms with Crippen molar-refractivity contribution in [2.45, 2.75) is 12.3 Å². The van der Waals surface area contributed by atoms with E-state index in [2.05, 4.69) is 15.5 Å². The summed E-state index contributed by atoms with van der Waals surface area (Å²) in [4.78, 5) is 4.46. The Morgan fingerprint density at radius 2 is 2.19 bits per heavy atom. The van der Waals surface area contributed by atoms with E-state index in [-0.39, 0.29) is 5.92 Å². The van der Waals surface area contributed by atoms with Crippen LogP contribution in [0.15, 0.2) is 16.7 Å². The van der Waals surface area contributed by atoms with E-state index >= 15 is 0 Å². The van der Waals surface area contributed by atoms with Crippen molar-refractivity contribution in [2.75, 3.05) is 27.3 Å². The molecule has 1 atom stereocenters. The third kappa shape index (κ3) is 2.69. The molecule has 0 bridgehead atoms. The normalized spacial score (nSPS) is 18.0. The Bertz CT molecular complexity index is 638. The highest BCUT2D eigenvalue weighted by molar-refractivity contribution is 6.32. The summed E-state index contributed by atoms with van der Waals surface area (Å²) in [6.45, 7) is 1.85. The predicted molar refractivity (Wildman–Crippen MR) is 78.1 cm³/mol. The van der Waals surface area contributed by atoms with Crippen LogP contribution in [-0.2, 0) is 0 Å². The summed E-state index contributed by atoms with van der Waals surface area (Å²) >= 11 is 6.20. The second-order valence-electron chi connectivity index (χ2n) is 4.84. The zero-order valence-corrected chi connectivity index (χ0v) is 12.6. The van der Waals surface area contributed by atoms with E-state index < -0.39 is 0 Å². The summed E-state index contributed by atoms with van der Waals surface area (Å²) in [5.74, 6) is 2.46. The van der Waals surface area contributed by atoms with Crippen molar-refractivity contribution in [2.24, 2.45) is 0 Å². The molecule has 21 heavy (non-hydrogen) atoms. The molecule has 1 aromatic heterocycles. The van der Waals surface area contributed by atoms with Crippen LogP contribution < -0.4 is 14.8 Å². The van der Waals surface area contributed by atoms with Gasteiger partial charge in [-0.15, -0.1) is 0 Å². The Morgan fingerprint density at radius 3 is 2.86 bits per heavy atom. The first-order chi connectivity index (χ1) is 10.2. The van der Waals surface area contributed by atoms with E-state index in [0.717, 1.165) is 25.1 Å². The summed E-state index contributed by atoms with van der Waals surface area (Å²) in [6.07, 6.45) is 1.01. The number of ether oxygens (including phenoxy) is 2. The molecule has 0 spiro atoms. The van der Waals surface area contributed by atoms with Crippen LogP contribution in [0.4, 0.5) is 0 Å². The van der Waals surface area contributed by atoms with Gasteiger partial charge in [0.05, 0.1) is 25.2 Å². The molecule has 0 aliphatic carbocycles. The minimum absolute atomic E-state index is 0.280. The monoisotopic (exact) mass is 309 g/mol. The molecule has 1 saturated heterocycles. The Labute approximate surface area is 127 Å². The molecular weight excluding hydrogens is 294 g/mol. The van der Waals surface area contributed by atoms with Crippen molar-refractivity contribution in [1.29, 1.82) is 0 Å². The maximum atomic E-state index is 6.20. The van der Waals surface area contributed by atoms with E-state index in [4.69, 9.17) is 25.6 Å². The molecule has 1 N–H and O–H groups in total. The summed E-state index contributed by atoms with van der Waals surface area (Å²) in [6, 6.07) is 3.52. The van der Waals surface area contributed by atoms with Crippen LogP contribution in [0.5, 0.6) is 11.5 Å². The van der Waals surface area contributed by atoms with Gasteiger partial charge in [-0.05, 0) is 25.1 Å². The number of hydrogen-bond donors (Lipinski definition) is 1. The SMILES string of the molecule is COc1cc(-c2noc(C3CCNC3)n2)cc(Cl)c1OC. The number of rotatable bonds is 4. The van der Waals surface area contributed by atoms with Gasteiger partial charge in [0.1, 0.15) is 0 Å². The average molecular weight is 310 g/mol. The minimum Gasteiger partial charge on any atom is -0.493 e. The van der Waals surface area contributed by atoms with Crippen molar-refractivity contribution in [1.82, 2.24) is 15.5 Å². The Kier molecular flexibility index (Phi) is 3.98. The fraction of sp³-hybridized carbons (Fsp3) is 0.429. The second-order valence-corrected chi connectivity index (χ2v) is 5.25. The maximum Gasteiger partial charge on any atom is 0.231 e. The van der Waals surface area contributed by atoms with Gasteiger partial charge in [-0.25, -0.2) is 0 Å². The lowest BCUT2D eigenvalue weighted by Crippen LogP contribution is -2.08. The van der Waals surface area contributed by atoms with Gasteiger partial charge in [0.15, 0.2) is 11.5 Å². The van der Waals surface area contributed by atoms with Crippen molar-refractivity contribution in [3.63, 3.8) is 0 Å². The molecule has 2 heterocycles. The van der Waals surface area contributed by atoms with E-state index in [1.165, 1.54) is 0 Å². The second kappa shape index (κ2) is 5.91. The highest BCUT2D eigenvalue weighted by Crippen LogP contribution is 2.38. The fourth-order valence-corrected chi connectivity index (χ4v) is 2.72. The summed E-state index contributed by atoms with van der Waals surface area (Å²) in [7, 11) is 3.10. The topological polar surface area (TPSA) is 69.4 Å². The van der Waals surface area contributed by atoms with Crippen LogP contribution >= 0.6 is 11.6 Å².